The van der Waals surface area contributed by atoms with Crippen LogP contribution in [0.4, 0.5) is 10.1 Å². The first kappa shape index (κ1) is 20.9. The highest BCUT2D eigenvalue weighted by Crippen LogP contribution is 2.12. The highest BCUT2D eigenvalue weighted by Gasteiger charge is 2.11. The van der Waals surface area contributed by atoms with E-state index < -0.39 is 17.6 Å². The number of furan rings is 1. The van der Waals surface area contributed by atoms with Gasteiger partial charge in [-0.3, -0.25) is 14.4 Å². The molecule has 7 nitrogen and oxygen atoms in total. The van der Waals surface area contributed by atoms with Gasteiger partial charge in [0.1, 0.15) is 17.3 Å². The Balaban J connectivity index is 1.83. The van der Waals surface area contributed by atoms with Crippen molar-refractivity contribution >= 4 is 29.5 Å². The van der Waals surface area contributed by atoms with Crippen molar-refractivity contribution in [1.82, 2.24) is 4.90 Å². The number of esters is 1. The number of carbonyl (C=O) groups excluding carboxylic acids is 3. The zero-order valence-electron chi connectivity index (χ0n) is 15.6. The first-order valence-electron chi connectivity index (χ1n) is 8.51. The molecular formula is C20H21FN2O5. The maximum Gasteiger partial charge on any atom is 0.305 e. The van der Waals surface area contributed by atoms with E-state index in [2.05, 4.69) is 10.1 Å². The van der Waals surface area contributed by atoms with Crippen LogP contribution in [0.25, 0.3) is 6.08 Å². The first-order valence-corrected chi connectivity index (χ1v) is 8.51. The predicted molar refractivity (Wildman–Crippen MR) is 101 cm³/mol. The van der Waals surface area contributed by atoms with Gasteiger partial charge in [0.25, 0.3) is 0 Å². The normalized spacial score (nSPS) is 10.7. The standard InChI is InChI=1S/C20H21FN2O5/c1-23(13-18(24)22-15-5-3-4-14(21)12-15)19(25)10-8-16-6-7-17(28-16)9-11-20(26)27-2/h3-8,10,12H,9,11,13H2,1-2H3,(H,22,24)/b10-8+. The van der Waals surface area contributed by atoms with E-state index in [1.807, 2.05) is 0 Å². The van der Waals surface area contributed by atoms with Crippen LogP contribution in [-0.4, -0.2) is 43.4 Å². The van der Waals surface area contributed by atoms with Crippen LogP contribution in [0.1, 0.15) is 17.9 Å². The van der Waals surface area contributed by atoms with Gasteiger partial charge in [-0.2, -0.15) is 0 Å². The van der Waals surface area contributed by atoms with Gasteiger partial charge in [-0.1, -0.05) is 6.07 Å². The largest absolute Gasteiger partial charge is 0.469 e. The maximum absolute atomic E-state index is 13.1. The number of hydrogen-bond acceptors (Lipinski definition) is 5. The fourth-order valence-electron chi connectivity index (χ4n) is 2.29. The van der Waals surface area contributed by atoms with Crippen LogP contribution in [-0.2, 0) is 25.5 Å². The van der Waals surface area contributed by atoms with Crippen LogP contribution < -0.4 is 5.32 Å². The number of halogens is 1. The molecule has 0 saturated carbocycles. The van der Waals surface area contributed by atoms with E-state index in [4.69, 9.17) is 4.42 Å². The second-order valence-electron chi connectivity index (χ2n) is 5.97. The van der Waals surface area contributed by atoms with Crippen LogP contribution in [0.15, 0.2) is 46.9 Å². The van der Waals surface area contributed by atoms with Crippen molar-refractivity contribution in [1.29, 1.82) is 0 Å². The number of anilines is 1. The number of nitrogens with one attached hydrogen (secondary N) is 1. The van der Waals surface area contributed by atoms with Gasteiger partial charge in [0.15, 0.2) is 0 Å². The lowest BCUT2D eigenvalue weighted by molar-refractivity contribution is -0.140. The Morgan fingerprint density at radius 2 is 2.04 bits per heavy atom. The molecular weight excluding hydrogens is 367 g/mol. The van der Waals surface area contributed by atoms with Crippen LogP contribution in [0, 0.1) is 5.82 Å². The summed E-state index contributed by atoms with van der Waals surface area (Å²) in [6.45, 7) is -0.192. The van der Waals surface area contributed by atoms with Gasteiger partial charge in [-0.15, -0.1) is 0 Å². The molecule has 28 heavy (non-hydrogen) atoms. The Morgan fingerprint density at radius 3 is 2.75 bits per heavy atom. The summed E-state index contributed by atoms with van der Waals surface area (Å²) in [4.78, 5) is 36.4. The molecule has 148 valence electrons. The zero-order valence-corrected chi connectivity index (χ0v) is 15.6. The van der Waals surface area contributed by atoms with E-state index in [9.17, 15) is 18.8 Å². The number of ether oxygens (including phenoxy) is 1. The summed E-state index contributed by atoms with van der Waals surface area (Å²) in [5, 5.41) is 2.52. The van der Waals surface area contributed by atoms with Crippen molar-refractivity contribution in [2.45, 2.75) is 12.8 Å². The molecule has 2 rings (SSSR count). The molecule has 8 heteroatoms. The quantitative estimate of drug-likeness (QED) is 0.555. The number of aryl methyl sites for hydroxylation is 1. The summed E-state index contributed by atoms with van der Waals surface area (Å²) < 4.78 is 23.2. The molecule has 2 amide bonds. The number of amides is 2. The Kier molecular flexibility index (Phi) is 7.50. The van der Waals surface area contributed by atoms with Crippen molar-refractivity contribution in [2.24, 2.45) is 0 Å². The third-order valence-electron chi connectivity index (χ3n) is 3.74. The zero-order chi connectivity index (χ0) is 20.5. The molecule has 0 unspecified atom stereocenters. The summed E-state index contributed by atoms with van der Waals surface area (Å²) in [5.41, 5.74) is 0.316. The van der Waals surface area contributed by atoms with Crippen molar-refractivity contribution < 1.29 is 27.9 Å². The average Bonchev–Trinajstić information content (AvgIpc) is 3.11. The summed E-state index contributed by atoms with van der Waals surface area (Å²) in [6.07, 6.45) is 3.35. The van der Waals surface area contributed by atoms with Gasteiger partial charge < -0.3 is 19.4 Å². The number of hydrogen-bond donors (Lipinski definition) is 1. The van der Waals surface area contributed by atoms with Gasteiger partial charge in [-0.25, -0.2) is 4.39 Å². The van der Waals surface area contributed by atoms with Crippen LogP contribution in [0.3, 0.4) is 0 Å². The van der Waals surface area contributed by atoms with Crippen LogP contribution in [0.2, 0.25) is 0 Å². The molecule has 1 heterocycles. The minimum atomic E-state index is -0.463. The van der Waals surface area contributed by atoms with Gasteiger partial charge in [-0.05, 0) is 36.4 Å². The molecule has 0 bridgehead atoms. The highest BCUT2D eigenvalue weighted by molar-refractivity contribution is 5.97. The number of nitrogens with zero attached hydrogens (tertiary/aromatic N) is 1. The maximum atomic E-state index is 13.1. The van der Waals surface area contributed by atoms with Gasteiger partial charge >= 0.3 is 5.97 Å². The van der Waals surface area contributed by atoms with Crippen LogP contribution in [0.5, 0.6) is 0 Å². The summed E-state index contributed by atoms with van der Waals surface area (Å²) in [5.74, 6) is -0.595. The average molecular weight is 388 g/mol. The lowest BCUT2D eigenvalue weighted by Crippen LogP contribution is -2.33. The number of likely N-dealkylation sites (N-methyl/N-ethyl adjacent to an activating group) is 1. The SMILES string of the molecule is COC(=O)CCc1ccc(/C=C/C(=O)N(C)CC(=O)Nc2cccc(F)c2)o1. The van der Waals surface area contributed by atoms with E-state index >= 15 is 0 Å². The third-order valence-corrected chi connectivity index (χ3v) is 3.74. The molecule has 0 saturated heterocycles. The second kappa shape index (κ2) is 10.1. The third kappa shape index (κ3) is 6.71. The highest BCUT2D eigenvalue weighted by atomic mass is 19.1. The molecule has 0 spiro atoms. The molecule has 2 aromatic rings. The molecule has 0 radical (unpaired) electrons. The number of methoxy groups -OCH3 is 1. The van der Waals surface area contributed by atoms with Gasteiger partial charge in [0, 0.05) is 25.2 Å². The molecule has 0 aliphatic rings. The minimum Gasteiger partial charge on any atom is -0.469 e. The second-order valence-corrected chi connectivity index (χ2v) is 5.97. The number of carbonyl (C=O) groups is 3. The monoisotopic (exact) mass is 388 g/mol. The molecule has 0 fully saturated rings. The van der Waals surface area contributed by atoms with Crippen molar-refractivity contribution in [2.75, 3.05) is 26.0 Å². The Hall–Kier alpha value is -3.42. The minimum absolute atomic E-state index is 0.192. The van der Waals surface area contributed by atoms with Crippen molar-refractivity contribution in [3.05, 3.63) is 59.8 Å². The van der Waals surface area contributed by atoms with E-state index in [0.717, 1.165) is 0 Å². The van der Waals surface area contributed by atoms with Crippen LogP contribution >= 0.6 is 0 Å². The van der Waals surface area contributed by atoms with E-state index in [0.29, 0.717) is 23.6 Å². The van der Waals surface area contributed by atoms with Crippen molar-refractivity contribution in [3.63, 3.8) is 0 Å². The smallest absolute Gasteiger partial charge is 0.305 e. The van der Waals surface area contributed by atoms with Crippen molar-refractivity contribution in [3.8, 4) is 0 Å². The molecule has 0 aliphatic heterocycles. The number of benzene rings is 1. The van der Waals surface area contributed by atoms with Gasteiger partial charge in [0.2, 0.25) is 11.8 Å². The summed E-state index contributed by atoms with van der Waals surface area (Å²) in [7, 11) is 2.79. The van der Waals surface area contributed by atoms with E-state index in [-0.39, 0.29) is 18.9 Å². The number of rotatable bonds is 8. The fourth-order valence-corrected chi connectivity index (χ4v) is 2.29. The lowest BCUT2D eigenvalue weighted by atomic mass is 10.2. The lowest BCUT2D eigenvalue weighted by Gasteiger charge is -2.14. The molecule has 0 atom stereocenters. The summed E-state index contributed by atoms with van der Waals surface area (Å²) >= 11 is 0. The fraction of sp³-hybridized carbons (Fsp3) is 0.250. The Bertz CT molecular complexity index is 875. The topological polar surface area (TPSA) is 88.9 Å². The summed E-state index contributed by atoms with van der Waals surface area (Å²) in [6, 6.07) is 8.87. The van der Waals surface area contributed by atoms with E-state index in [1.54, 1.807) is 18.2 Å². The first-order chi connectivity index (χ1) is 13.4. The molecule has 0 aliphatic carbocycles. The molecule has 1 N–H and O–H groups in total. The molecule has 1 aromatic heterocycles. The van der Waals surface area contributed by atoms with Gasteiger partial charge in [0.05, 0.1) is 20.1 Å². The molecule has 1 aromatic carbocycles. The van der Waals surface area contributed by atoms with E-state index in [1.165, 1.54) is 49.4 Å². The Labute approximate surface area is 161 Å². The Morgan fingerprint density at radius 1 is 1.25 bits per heavy atom. The predicted octanol–water partition coefficient (Wildman–Crippen LogP) is 2.63.